The number of hydroxylamine groups is 2. The van der Waals surface area contributed by atoms with E-state index >= 15 is 0 Å². The molecule has 0 unspecified atom stereocenters. The molecule has 0 N–H and O–H groups in total. The molecule has 0 aromatic carbocycles. The Balaban J connectivity index is 2.24. The van der Waals surface area contributed by atoms with Crippen molar-refractivity contribution >= 4 is 17.9 Å². The van der Waals surface area contributed by atoms with Crippen LogP contribution in [0.5, 0.6) is 0 Å². The Morgan fingerprint density at radius 2 is 1.90 bits per heavy atom. The number of ether oxygens (including phenoxy) is 1. The van der Waals surface area contributed by atoms with E-state index in [1.165, 1.54) is 24.3 Å². The predicted molar refractivity (Wildman–Crippen MR) is 122 cm³/mol. The summed E-state index contributed by atoms with van der Waals surface area (Å²) in [7, 11) is 0. The zero-order valence-corrected chi connectivity index (χ0v) is 19.9. The van der Waals surface area contributed by atoms with Gasteiger partial charge >= 0.3 is 6.16 Å². The van der Waals surface area contributed by atoms with Crippen LogP contribution < -0.4 is 0 Å². The quantitative estimate of drug-likeness (QED) is 0.426. The average Bonchev–Trinajstić information content (AvgIpc) is 2.67. The van der Waals surface area contributed by atoms with Gasteiger partial charge in [0.05, 0.1) is 13.1 Å². The highest BCUT2D eigenvalue weighted by molar-refractivity contribution is 5.97. The van der Waals surface area contributed by atoms with Gasteiger partial charge in [0, 0.05) is 13.1 Å². The molecular formula is C23H40N4O4. The van der Waals surface area contributed by atoms with Crippen LogP contribution in [0.3, 0.4) is 0 Å². The molecule has 8 nitrogen and oxygen atoms in total. The van der Waals surface area contributed by atoms with Crippen LogP contribution in [0.2, 0.25) is 0 Å². The lowest BCUT2D eigenvalue weighted by Crippen LogP contribution is -2.61. The topological polar surface area (TPSA) is 74.7 Å². The summed E-state index contributed by atoms with van der Waals surface area (Å²) >= 11 is 0. The van der Waals surface area contributed by atoms with E-state index in [-0.39, 0.29) is 18.2 Å². The summed E-state index contributed by atoms with van der Waals surface area (Å²) in [5.74, 6) is 0.765. The van der Waals surface area contributed by atoms with Gasteiger partial charge in [-0.3, -0.25) is 4.79 Å². The SMILES string of the molecule is C=CCN=C1N(CCN2CCCCC2)CC(=O)[C@H](CC(C)C)N1OC(=O)OC(C)(C)C. The summed E-state index contributed by atoms with van der Waals surface area (Å²) in [6.45, 7) is 17.4. The van der Waals surface area contributed by atoms with Gasteiger partial charge in [-0.25, -0.2) is 9.79 Å². The van der Waals surface area contributed by atoms with E-state index in [4.69, 9.17) is 9.57 Å². The van der Waals surface area contributed by atoms with Crippen LogP contribution in [-0.4, -0.2) is 83.7 Å². The molecule has 0 aliphatic carbocycles. The first-order valence-corrected chi connectivity index (χ1v) is 11.5. The molecule has 2 rings (SSSR count). The predicted octanol–water partition coefficient (Wildman–Crippen LogP) is 3.48. The molecule has 0 aromatic heterocycles. The molecule has 1 atom stereocenters. The standard InChI is InChI=1S/C23H40N4O4/c1-7-11-24-21-26(15-14-25-12-9-8-10-13-25)17-20(28)19(16-18(2)3)27(21)31-22(29)30-23(4,5)6/h7,18-19H,1,8-17H2,2-6H3/t19-/m0/s1. The van der Waals surface area contributed by atoms with Crippen LogP contribution in [0, 0.1) is 5.92 Å². The van der Waals surface area contributed by atoms with Crippen molar-refractivity contribution in [2.45, 2.75) is 71.9 Å². The number of hydrogen-bond acceptors (Lipinski definition) is 6. The van der Waals surface area contributed by atoms with Crippen LogP contribution in [0.25, 0.3) is 0 Å². The number of likely N-dealkylation sites (tertiary alicyclic amines) is 1. The van der Waals surface area contributed by atoms with Crippen LogP contribution >= 0.6 is 0 Å². The highest BCUT2D eigenvalue weighted by atomic mass is 16.8. The first-order chi connectivity index (χ1) is 14.6. The number of nitrogens with zero attached hydrogens (tertiary/aromatic N) is 4. The van der Waals surface area contributed by atoms with Gasteiger partial charge in [-0.2, -0.15) is 5.06 Å². The Morgan fingerprint density at radius 3 is 2.48 bits per heavy atom. The fraction of sp³-hybridized carbons (Fsp3) is 0.783. The number of rotatable bonds is 8. The van der Waals surface area contributed by atoms with Crippen LogP contribution in [0.1, 0.15) is 60.3 Å². The number of carbonyl (C=O) groups is 2. The summed E-state index contributed by atoms with van der Waals surface area (Å²) in [5, 5.41) is 1.37. The monoisotopic (exact) mass is 436 g/mol. The van der Waals surface area contributed by atoms with Gasteiger partial charge in [-0.1, -0.05) is 26.3 Å². The Bertz CT molecular complexity index is 650. The number of carbonyl (C=O) groups excluding carboxylic acids is 2. The fourth-order valence-corrected chi connectivity index (χ4v) is 3.84. The summed E-state index contributed by atoms with van der Waals surface area (Å²) in [5.41, 5.74) is -0.698. The summed E-state index contributed by atoms with van der Waals surface area (Å²) < 4.78 is 5.36. The maximum atomic E-state index is 13.1. The number of piperidine rings is 1. The third-order valence-electron chi connectivity index (χ3n) is 5.24. The molecule has 2 aliphatic rings. The van der Waals surface area contributed by atoms with Crippen molar-refractivity contribution in [2.75, 3.05) is 39.3 Å². The van der Waals surface area contributed by atoms with Crippen molar-refractivity contribution < 1.29 is 19.2 Å². The van der Waals surface area contributed by atoms with Crippen molar-refractivity contribution in [1.29, 1.82) is 0 Å². The van der Waals surface area contributed by atoms with E-state index in [9.17, 15) is 9.59 Å². The second-order valence-corrected chi connectivity index (χ2v) is 9.75. The molecule has 31 heavy (non-hydrogen) atoms. The van der Waals surface area contributed by atoms with Gasteiger partial charge in [0.2, 0.25) is 5.96 Å². The van der Waals surface area contributed by atoms with Crippen molar-refractivity contribution in [2.24, 2.45) is 10.9 Å². The van der Waals surface area contributed by atoms with Crippen LogP contribution in [0.15, 0.2) is 17.6 Å². The molecule has 0 aromatic rings. The van der Waals surface area contributed by atoms with Gasteiger partial charge in [-0.05, 0) is 59.0 Å². The molecule has 2 fully saturated rings. The van der Waals surface area contributed by atoms with Gasteiger partial charge in [0.1, 0.15) is 11.6 Å². The Labute approximate surface area is 187 Å². The Kier molecular flexibility index (Phi) is 9.34. The van der Waals surface area contributed by atoms with Crippen LogP contribution in [-0.2, 0) is 14.4 Å². The van der Waals surface area contributed by atoms with Crippen LogP contribution in [0.4, 0.5) is 4.79 Å². The summed E-state index contributed by atoms with van der Waals surface area (Å²) in [6.07, 6.45) is 5.11. The average molecular weight is 437 g/mol. The molecule has 0 radical (unpaired) electrons. The first kappa shape index (κ1) is 25.2. The first-order valence-electron chi connectivity index (χ1n) is 11.5. The lowest BCUT2D eigenvalue weighted by atomic mass is 9.98. The van der Waals surface area contributed by atoms with E-state index in [2.05, 4.69) is 16.5 Å². The molecule has 2 aliphatic heterocycles. The normalized spacial score (nSPS) is 22.2. The highest BCUT2D eigenvalue weighted by Gasteiger charge is 2.41. The molecule has 0 bridgehead atoms. The van der Waals surface area contributed by atoms with E-state index in [0.717, 1.165) is 19.6 Å². The number of Topliss-reactive ketones (excluding diaryl/α,β-unsaturated/α-hetero) is 1. The van der Waals surface area contributed by atoms with Crippen molar-refractivity contribution in [3.63, 3.8) is 0 Å². The Morgan fingerprint density at radius 1 is 1.23 bits per heavy atom. The largest absolute Gasteiger partial charge is 0.534 e. The zero-order valence-electron chi connectivity index (χ0n) is 19.9. The molecule has 2 saturated heterocycles. The number of ketones is 1. The minimum absolute atomic E-state index is 0.0217. The van der Waals surface area contributed by atoms with Crippen molar-refractivity contribution in [3.05, 3.63) is 12.7 Å². The maximum absolute atomic E-state index is 13.1. The molecule has 0 spiro atoms. The smallest absolute Gasteiger partial charge is 0.427 e. The Hall–Kier alpha value is -2.09. The second-order valence-electron chi connectivity index (χ2n) is 9.75. The number of aliphatic imine (C=N–C) groups is 1. The molecule has 0 amide bonds. The zero-order chi connectivity index (χ0) is 23.0. The summed E-state index contributed by atoms with van der Waals surface area (Å²) in [6, 6.07) is -0.581. The van der Waals surface area contributed by atoms with E-state index in [1.807, 2.05) is 18.7 Å². The minimum atomic E-state index is -0.835. The lowest BCUT2D eigenvalue weighted by Gasteiger charge is -2.42. The number of hydrogen-bond donors (Lipinski definition) is 0. The molecule has 0 saturated carbocycles. The van der Waals surface area contributed by atoms with Crippen molar-refractivity contribution in [3.8, 4) is 0 Å². The second kappa shape index (κ2) is 11.5. The molecule has 2 heterocycles. The van der Waals surface area contributed by atoms with Gasteiger partial charge in [0.15, 0.2) is 5.78 Å². The van der Waals surface area contributed by atoms with Gasteiger partial charge < -0.3 is 19.4 Å². The minimum Gasteiger partial charge on any atom is -0.427 e. The summed E-state index contributed by atoms with van der Waals surface area (Å²) in [4.78, 5) is 40.1. The van der Waals surface area contributed by atoms with E-state index < -0.39 is 17.8 Å². The molecule has 8 heteroatoms. The molecule has 176 valence electrons. The third-order valence-corrected chi connectivity index (χ3v) is 5.24. The van der Waals surface area contributed by atoms with Crippen molar-refractivity contribution in [1.82, 2.24) is 14.9 Å². The highest BCUT2D eigenvalue weighted by Crippen LogP contribution is 2.22. The third kappa shape index (κ3) is 8.16. The molecular weight excluding hydrogens is 396 g/mol. The number of guanidine groups is 1. The fourth-order valence-electron chi connectivity index (χ4n) is 3.84. The van der Waals surface area contributed by atoms with E-state index in [1.54, 1.807) is 26.8 Å². The van der Waals surface area contributed by atoms with E-state index in [0.29, 0.717) is 25.5 Å². The van der Waals surface area contributed by atoms with Gasteiger partial charge in [-0.15, -0.1) is 6.58 Å². The lowest BCUT2D eigenvalue weighted by molar-refractivity contribution is -0.156. The van der Waals surface area contributed by atoms with Gasteiger partial charge in [0.25, 0.3) is 0 Å². The maximum Gasteiger partial charge on any atom is 0.534 e.